The van der Waals surface area contributed by atoms with E-state index in [1.165, 1.54) is 0 Å². The number of benzene rings is 1. The van der Waals surface area contributed by atoms with Gasteiger partial charge in [0.25, 0.3) is 0 Å². The number of rotatable bonds is 1. The molecular weight excluding hydrogens is 298 g/mol. The molecule has 0 aliphatic carbocycles. The Kier molecular flexibility index (Phi) is 2.57. The summed E-state index contributed by atoms with van der Waals surface area (Å²) < 4.78 is 3.38. The van der Waals surface area contributed by atoms with E-state index in [1.54, 1.807) is 10.7 Å². The molecule has 1 N–H and O–H groups in total. The van der Waals surface area contributed by atoms with E-state index in [4.69, 9.17) is 12.2 Å². The predicted molar refractivity (Wildman–Crippen MR) is 73.5 cm³/mol. The SMILES string of the molecule is S=c1nccc2c(-c3ccccc3Br)c[nH]n12. The first kappa shape index (κ1) is 10.7. The van der Waals surface area contributed by atoms with E-state index >= 15 is 0 Å². The average Bonchev–Trinajstić information content (AvgIpc) is 2.75. The third-order valence-electron chi connectivity index (χ3n) is 2.63. The molecule has 5 heteroatoms. The number of halogens is 1. The lowest BCUT2D eigenvalue weighted by atomic mass is 10.1. The fourth-order valence-corrected chi connectivity index (χ4v) is 2.55. The van der Waals surface area contributed by atoms with Gasteiger partial charge in [-0.15, -0.1) is 0 Å². The van der Waals surface area contributed by atoms with Crippen LogP contribution in [-0.2, 0) is 0 Å². The van der Waals surface area contributed by atoms with Gasteiger partial charge < -0.3 is 0 Å². The van der Waals surface area contributed by atoms with E-state index in [0.29, 0.717) is 4.77 Å². The van der Waals surface area contributed by atoms with Gasteiger partial charge in [0.15, 0.2) is 0 Å². The zero-order chi connectivity index (χ0) is 11.8. The fraction of sp³-hybridized carbons (Fsp3) is 0. The summed E-state index contributed by atoms with van der Waals surface area (Å²) in [5.41, 5.74) is 3.26. The molecular formula is C12H8BrN3S. The lowest BCUT2D eigenvalue weighted by Gasteiger charge is -2.01. The van der Waals surface area contributed by atoms with Crippen molar-refractivity contribution in [3.63, 3.8) is 0 Å². The van der Waals surface area contributed by atoms with Crippen molar-refractivity contribution in [1.29, 1.82) is 0 Å². The third-order valence-corrected chi connectivity index (χ3v) is 3.61. The van der Waals surface area contributed by atoms with Crippen molar-refractivity contribution >= 4 is 33.7 Å². The Morgan fingerprint density at radius 1 is 1.18 bits per heavy atom. The van der Waals surface area contributed by atoms with Gasteiger partial charge in [-0.2, -0.15) is 0 Å². The van der Waals surface area contributed by atoms with Crippen molar-refractivity contribution in [2.45, 2.75) is 0 Å². The molecule has 17 heavy (non-hydrogen) atoms. The van der Waals surface area contributed by atoms with Crippen LogP contribution in [0.1, 0.15) is 0 Å². The second-order valence-electron chi connectivity index (χ2n) is 3.62. The lowest BCUT2D eigenvalue weighted by Crippen LogP contribution is -1.90. The summed E-state index contributed by atoms with van der Waals surface area (Å²) in [6, 6.07) is 10.0. The van der Waals surface area contributed by atoms with E-state index in [1.807, 2.05) is 30.5 Å². The number of fused-ring (bicyclic) bond motifs is 1. The summed E-state index contributed by atoms with van der Waals surface area (Å²) in [5, 5.41) is 3.11. The van der Waals surface area contributed by atoms with Crippen LogP contribution in [0.25, 0.3) is 16.6 Å². The molecule has 2 heterocycles. The standard InChI is InChI=1S/C12H8BrN3S/c13-10-4-2-1-3-8(10)9-7-15-16-11(9)5-6-14-12(16)17/h1-7,15H. The van der Waals surface area contributed by atoms with Gasteiger partial charge in [-0.25, -0.2) is 9.50 Å². The first-order valence-corrected chi connectivity index (χ1v) is 6.27. The molecule has 0 saturated heterocycles. The summed E-state index contributed by atoms with van der Waals surface area (Å²) in [5.74, 6) is 0. The molecule has 0 radical (unpaired) electrons. The van der Waals surface area contributed by atoms with Crippen molar-refractivity contribution in [2.75, 3.05) is 0 Å². The highest BCUT2D eigenvalue weighted by Gasteiger charge is 2.08. The van der Waals surface area contributed by atoms with Gasteiger partial charge in [-0.05, 0) is 29.9 Å². The molecule has 0 aliphatic heterocycles. The highest BCUT2D eigenvalue weighted by Crippen LogP contribution is 2.30. The number of nitrogens with zero attached hydrogens (tertiary/aromatic N) is 2. The second-order valence-corrected chi connectivity index (χ2v) is 4.83. The van der Waals surface area contributed by atoms with Crippen LogP contribution in [0.2, 0.25) is 0 Å². The van der Waals surface area contributed by atoms with Gasteiger partial charge in [0.1, 0.15) is 0 Å². The van der Waals surface area contributed by atoms with Gasteiger partial charge in [0.2, 0.25) is 4.77 Å². The molecule has 0 aliphatic rings. The summed E-state index contributed by atoms with van der Waals surface area (Å²) in [7, 11) is 0. The molecule has 2 aromatic heterocycles. The van der Waals surface area contributed by atoms with E-state index in [9.17, 15) is 0 Å². The molecule has 0 unspecified atom stereocenters. The number of aromatic amines is 1. The summed E-state index contributed by atoms with van der Waals surface area (Å²) in [6.45, 7) is 0. The molecule has 84 valence electrons. The maximum atomic E-state index is 5.16. The smallest absolute Gasteiger partial charge is 0.219 e. The Labute approximate surface area is 111 Å². The second kappa shape index (κ2) is 4.09. The molecule has 0 spiro atoms. The number of aromatic nitrogens is 3. The number of hydrogen-bond donors (Lipinski definition) is 1. The van der Waals surface area contributed by atoms with Gasteiger partial charge >= 0.3 is 0 Å². The maximum Gasteiger partial charge on any atom is 0.219 e. The topological polar surface area (TPSA) is 33.1 Å². The minimum Gasteiger partial charge on any atom is -0.298 e. The summed E-state index contributed by atoms with van der Waals surface area (Å²) in [4.78, 5) is 4.07. The largest absolute Gasteiger partial charge is 0.298 e. The Morgan fingerprint density at radius 2 is 2.00 bits per heavy atom. The van der Waals surface area contributed by atoms with Gasteiger partial charge in [0.05, 0.1) is 5.52 Å². The van der Waals surface area contributed by atoms with Crippen molar-refractivity contribution in [3.05, 3.63) is 52.0 Å². The molecule has 3 rings (SSSR count). The summed E-state index contributed by atoms with van der Waals surface area (Å²) in [6.07, 6.45) is 3.67. The van der Waals surface area contributed by atoms with E-state index in [0.717, 1.165) is 21.1 Å². The van der Waals surface area contributed by atoms with E-state index in [2.05, 4.69) is 32.1 Å². The monoisotopic (exact) mass is 305 g/mol. The van der Waals surface area contributed by atoms with Crippen molar-refractivity contribution in [2.24, 2.45) is 0 Å². The van der Waals surface area contributed by atoms with Crippen LogP contribution in [0, 0.1) is 4.77 Å². The van der Waals surface area contributed by atoms with Crippen molar-refractivity contribution in [3.8, 4) is 11.1 Å². The highest BCUT2D eigenvalue weighted by molar-refractivity contribution is 9.10. The molecule has 0 amide bonds. The van der Waals surface area contributed by atoms with Gasteiger partial charge in [-0.3, -0.25) is 5.10 Å². The minimum atomic E-state index is 0.529. The number of H-pyrrole nitrogens is 1. The molecule has 0 saturated carbocycles. The van der Waals surface area contributed by atoms with Gasteiger partial charge in [-0.1, -0.05) is 34.1 Å². The lowest BCUT2D eigenvalue weighted by molar-refractivity contribution is 0.902. The van der Waals surface area contributed by atoms with Crippen LogP contribution in [0.4, 0.5) is 0 Å². The van der Waals surface area contributed by atoms with Crippen LogP contribution in [-0.4, -0.2) is 14.6 Å². The molecule has 3 aromatic rings. The number of nitrogens with one attached hydrogen (secondary N) is 1. The van der Waals surface area contributed by atoms with Crippen LogP contribution in [0.3, 0.4) is 0 Å². The molecule has 1 aromatic carbocycles. The predicted octanol–water partition coefficient (Wildman–Crippen LogP) is 3.82. The van der Waals surface area contributed by atoms with Crippen LogP contribution >= 0.6 is 28.1 Å². The van der Waals surface area contributed by atoms with Crippen molar-refractivity contribution in [1.82, 2.24) is 14.6 Å². The van der Waals surface area contributed by atoms with Crippen molar-refractivity contribution < 1.29 is 0 Å². The van der Waals surface area contributed by atoms with Gasteiger partial charge in [0, 0.05) is 22.4 Å². The normalized spacial score (nSPS) is 10.9. The zero-order valence-corrected chi connectivity index (χ0v) is 11.1. The third kappa shape index (κ3) is 1.71. The van der Waals surface area contributed by atoms with E-state index in [-0.39, 0.29) is 0 Å². The Balaban J connectivity index is 2.36. The van der Waals surface area contributed by atoms with E-state index < -0.39 is 0 Å². The Hall–Kier alpha value is -1.46. The quantitative estimate of drug-likeness (QED) is 0.693. The molecule has 0 atom stereocenters. The maximum absolute atomic E-state index is 5.16. The Bertz CT molecular complexity index is 745. The average molecular weight is 306 g/mol. The zero-order valence-electron chi connectivity index (χ0n) is 8.72. The molecule has 3 nitrogen and oxygen atoms in total. The summed E-state index contributed by atoms with van der Waals surface area (Å²) >= 11 is 8.72. The van der Waals surface area contributed by atoms with Crippen LogP contribution in [0.5, 0.6) is 0 Å². The number of hydrogen-bond acceptors (Lipinski definition) is 2. The first-order valence-electron chi connectivity index (χ1n) is 5.07. The van der Waals surface area contributed by atoms with Crippen LogP contribution in [0.15, 0.2) is 47.2 Å². The van der Waals surface area contributed by atoms with Crippen LogP contribution < -0.4 is 0 Å². The Morgan fingerprint density at radius 3 is 2.82 bits per heavy atom. The minimum absolute atomic E-state index is 0.529. The fourth-order valence-electron chi connectivity index (χ4n) is 1.84. The molecule has 0 bridgehead atoms. The highest BCUT2D eigenvalue weighted by atomic mass is 79.9. The first-order chi connectivity index (χ1) is 8.27. The molecule has 0 fully saturated rings.